The van der Waals surface area contributed by atoms with Crippen molar-refractivity contribution in [3.8, 4) is 0 Å². The Hall–Kier alpha value is -3.07. The van der Waals surface area contributed by atoms with Gasteiger partial charge >= 0.3 is 11.9 Å². The minimum Gasteiger partial charge on any atom is -0.465 e. The first-order chi connectivity index (χ1) is 14.7. The first-order valence-corrected chi connectivity index (χ1v) is 11.6. The summed E-state index contributed by atoms with van der Waals surface area (Å²) in [6, 6.07) is 11.1. The number of esters is 2. The lowest BCUT2D eigenvalue weighted by atomic mass is 9.85. The maximum atomic E-state index is 13.4. The molecule has 0 radical (unpaired) electrons. The second-order valence-corrected chi connectivity index (χ2v) is 8.78. The third kappa shape index (κ3) is 6.45. The van der Waals surface area contributed by atoms with Crippen molar-refractivity contribution in [2.75, 3.05) is 19.5 Å². The van der Waals surface area contributed by atoms with Crippen LogP contribution in [0.1, 0.15) is 31.0 Å². The van der Waals surface area contributed by atoms with Gasteiger partial charge < -0.3 is 9.47 Å². The highest BCUT2D eigenvalue weighted by Gasteiger charge is 2.41. The topological polar surface area (TPSA) is 117 Å². The molecule has 31 heavy (non-hydrogen) atoms. The molecule has 0 aliphatic carbocycles. The summed E-state index contributed by atoms with van der Waals surface area (Å²) in [7, 11) is -3.37. The predicted molar refractivity (Wildman–Crippen MR) is 112 cm³/mol. The molecule has 9 heteroatoms. The van der Waals surface area contributed by atoms with Crippen molar-refractivity contribution in [2.24, 2.45) is 5.92 Å². The van der Waals surface area contributed by atoms with Gasteiger partial charge in [-0.2, -0.15) is 0 Å². The van der Waals surface area contributed by atoms with E-state index in [1.54, 1.807) is 44.2 Å². The van der Waals surface area contributed by atoms with Gasteiger partial charge in [-0.3, -0.25) is 19.4 Å². The molecule has 0 fully saturated rings. The molecule has 0 N–H and O–H groups in total. The number of ketones is 1. The van der Waals surface area contributed by atoms with E-state index in [4.69, 9.17) is 9.47 Å². The van der Waals surface area contributed by atoms with E-state index in [1.165, 1.54) is 18.3 Å². The first-order valence-electron chi connectivity index (χ1n) is 9.75. The SMILES string of the molecule is CCOC(=O)C(C(=O)OCC)C(=O)C(Cc1ccc(S(C)(=O)=O)cc1)c1ccccn1. The largest absolute Gasteiger partial charge is 0.465 e. The Labute approximate surface area is 181 Å². The maximum absolute atomic E-state index is 13.4. The molecule has 0 saturated carbocycles. The molecule has 0 spiro atoms. The van der Waals surface area contributed by atoms with Gasteiger partial charge in [0.2, 0.25) is 5.92 Å². The molecular formula is C22H25NO7S. The Bertz CT molecular complexity index is 1000. The van der Waals surface area contributed by atoms with Gasteiger partial charge in [0.1, 0.15) is 0 Å². The summed E-state index contributed by atoms with van der Waals surface area (Å²) < 4.78 is 33.3. The smallest absolute Gasteiger partial charge is 0.328 e. The highest BCUT2D eigenvalue weighted by Crippen LogP contribution is 2.26. The van der Waals surface area contributed by atoms with Gasteiger partial charge in [-0.1, -0.05) is 18.2 Å². The van der Waals surface area contributed by atoms with Gasteiger partial charge in [0.05, 0.1) is 29.7 Å². The molecular weight excluding hydrogens is 422 g/mol. The van der Waals surface area contributed by atoms with Crippen LogP contribution in [0.5, 0.6) is 0 Å². The molecule has 1 unspecified atom stereocenters. The van der Waals surface area contributed by atoms with Crippen LogP contribution in [0.25, 0.3) is 0 Å². The van der Waals surface area contributed by atoms with Crippen molar-refractivity contribution in [1.29, 1.82) is 0 Å². The monoisotopic (exact) mass is 447 g/mol. The van der Waals surface area contributed by atoms with Crippen molar-refractivity contribution < 1.29 is 32.3 Å². The molecule has 2 rings (SSSR count). The van der Waals surface area contributed by atoms with Gasteiger partial charge in [-0.05, 0) is 50.1 Å². The summed E-state index contributed by atoms with van der Waals surface area (Å²) in [5, 5.41) is 0. The quantitative estimate of drug-likeness (QED) is 0.402. The summed E-state index contributed by atoms with van der Waals surface area (Å²) in [4.78, 5) is 42.6. The zero-order valence-electron chi connectivity index (χ0n) is 17.6. The van der Waals surface area contributed by atoms with Gasteiger partial charge in [-0.25, -0.2) is 8.42 Å². The first kappa shape index (κ1) is 24.2. The van der Waals surface area contributed by atoms with E-state index < -0.39 is 39.4 Å². The number of ether oxygens (including phenoxy) is 2. The van der Waals surface area contributed by atoms with E-state index in [0.29, 0.717) is 11.3 Å². The molecule has 0 bridgehead atoms. The lowest BCUT2D eigenvalue weighted by Gasteiger charge is -2.20. The Morgan fingerprint density at radius 3 is 1.97 bits per heavy atom. The van der Waals surface area contributed by atoms with Gasteiger partial charge in [0.15, 0.2) is 15.6 Å². The third-order valence-electron chi connectivity index (χ3n) is 4.51. The summed E-state index contributed by atoms with van der Waals surface area (Å²) in [5.41, 5.74) is 1.01. The van der Waals surface area contributed by atoms with Crippen molar-refractivity contribution >= 4 is 27.6 Å². The normalized spacial score (nSPS) is 12.3. The zero-order valence-corrected chi connectivity index (χ0v) is 18.4. The van der Waals surface area contributed by atoms with Crippen molar-refractivity contribution in [2.45, 2.75) is 31.1 Å². The third-order valence-corrected chi connectivity index (χ3v) is 5.64. The zero-order chi connectivity index (χ0) is 23.0. The number of Topliss-reactive ketones (excluding diaryl/α,β-unsaturated/α-hetero) is 1. The molecule has 0 aliphatic heterocycles. The van der Waals surface area contributed by atoms with E-state index in [1.807, 2.05) is 0 Å². The standard InChI is InChI=1S/C22H25NO7S/c1-4-29-21(25)19(22(26)30-5-2)20(24)17(18-8-6-7-13-23-18)14-15-9-11-16(12-10-15)31(3,27)28/h6-13,17,19H,4-5,14H2,1-3H3. The fraction of sp³-hybridized carbons (Fsp3) is 0.364. The summed E-state index contributed by atoms with van der Waals surface area (Å²) in [6.07, 6.45) is 2.72. The van der Waals surface area contributed by atoms with Crippen LogP contribution in [0, 0.1) is 5.92 Å². The van der Waals surface area contributed by atoms with Crippen molar-refractivity contribution in [1.82, 2.24) is 4.98 Å². The molecule has 1 aromatic carbocycles. The van der Waals surface area contributed by atoms with E-state index >= 15 is 0 Å². The summed E-state index contributed by atoms with van der Waals surface area (Å²) >= 11 is 0. The highest BCUT2D eigenvalue weighted by atomic mass is 32.2. The minimum atomic E-state index is -3.37. The van der Waals surface area contributed by atoms with E-state index in [9.17, 15) is 22.8 Å². The average Bonchev–Trinajstić information content (AvgIpc) is 2.73. The minimum absolute atomic E-state index is 0.00320. The van der Waals surface area contributed by atoms with Crippen LogP contribution in [0.3, 0.4) is 0 Å². The molecule has 1 atom stereocenters. The van der Waals surface area contributed by atoms with E-state index in [-0.39, 0.29) is 24.5 Å². The fourth-order valence-electron chi connectivity index (χ4n) is 3.02. The van der Waals surface area contributed by atoms with Crippen LogP contribution < -0.4 is 0 Å². The second-order valence-electron chi connectivity index (χ2n) is 6.77. The molecule has 0 amide bonds. The summed E-state index contributed by atoms with van der Waals surface area (Å²) in [6.45, 7) is 3.15. The Morgan fingerprint density at radius 1 is 0.935 bits per heavy atom. The second kappa shape index (κ2) is 10.8. The number of hydrogen-bond donors (Lipinski definition) is 0. The van der Waals surface area contributed by atoms with Crippen molar-refractivity contribution in [3.63, 3.8) is 0 Å². The Morgan fingerprint density at radius 2 is 1.52 bits per heavy atom. The molecule has 1 aromatic heterocycles. The highest BCUT2D eigenvalue weighted by molar-refractivity contribution is 7.90. The fourth-order valence-corrected chi connectivity index (χ4v) is 3.65. The van der Waals surface area contributed by atoms with Gasteiger partial charge in [0, 0.05) is 12.5 Å². The number of rotatable bonds is 10. The number of benzene rings is 1. The van der Waals surface area contributed by atoms with Crippen LogP contribution >= 0.6 is 0 Å². The van der Waals surface area contributed by atoms with Crippen LogP contribution in [0.2, 0.25) is 0 Å². The lowest BCUT2D eigenvalue weighted by molar-refractivity contribution is -0.164. The number of pyridine rings is 1. The average molecular weight is 448 g/mol. The van der Waals surface area contributed by atoms with E-state index in [0.717, 1.165) is 6.26 Å². The number of sulfone groups is 1. The van der Waals surface area contributed by atoms with Crippen LogP contribution in [0.15, 0.2) is 53.6 Å². The number of hydrogen-bond acceptors (Lipinski definition) is 8. The molecule has 1 heterocycles. The predicted octanol–water partition coefficient (Wildman–Crippen LogP) is 2.12. The van der Waals surface area contributed by atoms with Crippen LogP contribution in [0.4, 0.5) is 0 Å². The molecule has 0 saturated heterocycles. The van der Waals surface area contributed by atoms with Gasteiger partial charge in [0.25, 0.3) is 0 Å². The number of carbonyl (C=O) groups excluding carboxylic acids is 3. The molecule has 166 valence electrons. The lowest BCUT2D eigenvalue weighted by Crippen LogP contribution is -2.38. The molecule has 0 aliphatic rings. The Kier molecular flexibility index (Phi) is 8.44. The molecule has 2 aromatic rings. The molecule has 8 nitrogen and oxygen atoms in total. The van der Waals surface area contributed by atoms with E-state index in [2.05, 4.69) is 4.98 Å². The number of carbonyl (C=O) groups is 3. The van der Waals surface area contributed by atoms with Crippen LogP contribution in [-0.2, 0) is 40.1 Å². The summed E-state index contributed by atoms with van der Waals surface area (Å²) in [5.74, 6) is -5.31. The Balaban J connectivity index is 2.43. The maximum Gasteiger partial charge on any atom is 0.328 e. The van der Waals surface area contributed by atoms with Crippen molar-refractivity contribution in [3.05, 3.63) is 59.9 Å². The van der Waals surface area contributed by atoms with Crippen LogP contribution in [-0.4, -0.2) is 50.6 Å². The number of nitrogens with zero attached hydrogens (tertiary/aromatic N) is 1. The van der Waals surface area contributed by atoms with Gasteiger partial charge in [-0.15, -0.1) is 0 Å². The number of aromatic nitrogens is 1.